The van der Waals surface area contributed by atoms with Gasteiger partial charge in [0.15, 0.2) is 0 Å². The molecule has 0 N–H and O–H groups in total. The van der Waals surface area contributed by atoms with Crippen LogP contribution in [0, 0.1) is 11.9 Å². The summed E-state index contributed by atoms with van der Waals surface area (Å²) < 4.78 is 42.8. The number of ether oxygens (including phenoxy) is 2. The van der Waals surface area contributed by atoms with E-state index in [0.717, 1.165) is 11.6 Å². The molecule has 1 aromatic carbocycles. The molecule has 0 unspecified atom stereocenters. The van der Waals surface area contributed by atoms with E-state index in [2.05, 4.69) is 9.97 Å². The number of benzene rings is 1. The molecule has 0 radical (unpaired) electrons. The zero-order valence-electron chi connectivity index (χ0n) is 15.0. The van der Waals surface area contributed by atoms with Crippen LogP contribution in [0.4, 0.5) is 8.78 Å². The Balaban J connectivity index is 1.57. The van der Waals surface area contributed by atoms with Crippen LogP contribution in [0.3, 0.4) is 0 Å². The van der Waals surface area contributed by atoms with E-state index in [0.29, 0.717) is 17.2 Å². The second-order valence-corrected chi connectivity index (χ2v) is 6.11. The predicted molar refractivity (Wildman–Crippen MR) is 92.8 cm³/mol. The molecule has 28 heavy (non-hydrogen) atoms. The van der Waals surface area contributed by atoms with E-state index in [1.54, 1.807) is 19.2 Å². The molecule has 144 valence electrons. The minimum Gasteiger partial charge on any atom is -0.497 e. The lowest BCUT2D eigenvalue weighted by Gasteiger charge is -2.18. The topological polar surface area (TPSA) is 77.7 Å². The smallest absolute Gasteiger partial charge is 0.292 e. The monoisotopic (exact) mass is 387 g/mol. The Bertz CT molecular complexity index is 1070. The van der Waals surface area contributed by atoms with Crippen molar-refractivity contribution in [3.63, 3.8) is 0 Å². The number of methoxy groups -OCH3 is 2. The molecule has 0 bridgehead atoms. The van der Waals surface area contributed by atoms with Crippen LogP contribution in [-0.4, -0.2) is 35.0 Å². The molecule has 0 aliphatic carbocycles. The van der Waals surface area contributed by atoms with Gasteiger partial charge in [0, 0.05) is 11.6 Å². The maximum atomic E-state index is 13.8. The number of pyridine rings is 1. The van der Waals surface area contributed by atoms with Gasteiger partial charge in [-0.2, -0.15) is 13.8 Å². The molecule has 9 heteroatoms. The molecular formula is C19H15F2N3O4. The standard InChI is InChI=1S/C19H15F2N3O4/c1-26-11-4-3-10(14(7-11)27-2)8-24-9-13-16(19(24)25)28-18(22-13)12-5-6-15(20)23-17(12)21/h3-7H,8-9H2,1-2H3. The number of hydrogen-bond donors (Lipinski definition) is 0. The summed E-state index contributed by atoms with van der Waals surface area (Å²) in [4.78, 5) is 21.5. The summed E-state index contributed by atoms with van der Waals surface area (Å²) in [5.41, 5.74) is 1.07. The van der Waals surface area contributed by atoms with Crippen LogP contribution in [0.15, 0.2) is 34.7 Å². The maximum Gasteiger partial charge on any atom is 0.292 e. The van der Waals surface area contributed by atoms with Crippen LogP contribution in [0.5, 0.6) is 11.5 Å². The molecule has 2 aromatic heterocycles. The minimum absolute atomic E-state index is 0.0335. The highest BCUT2D eigenvalue weighted by Gasteiger charge is 2.34. The van der Waals surface area contributed by atoms with Gasteiger partial charge < -0.3 is 18.8 Å². The van der Waals surface area contributed by atoms with E-state index < -0.39 is 11.9 Å². The van der Waals surface area contributed by atoms with Crippen LogP contribution < -0.4 is 9.47 Å². The lowest BCUT2D eigenvalue weighted by atomic mass is 10.2. The van der Waals surface area contributed by atoms with Gasteiger partial charge in [0.25, 0.3) is 5.91 Å². The number of nitrogens with zero attached hydrogens (tertiary/aromatic N) is 3. The van der Waals surface area contributed by atoms with Crippen molar-refractivity contribution in [2.45, 2.75) is 13.1 Å². The van der Waals surface area contributed by atoms with Gasteiger partial charge in [-0.05, 0) is 24.3 Å². The van der Waals surface area contributed by atoms with Crippen molar-refractivity contribution in [1.29, 1.82) is 0 Å². The maximum absolute atomic E-state index is 13.8. The van der Waals surface area contributed by atoms with E-state index in [-0.39, 0.29) is 36.2 Å². The first-order chi connectivity index (χ1) is 13.5. The predicted octanol–water partition coefficient (Wildman–Crippen LogP) is 3.19. The lowest BCUT2D eigenvalue weighted by molar-refractivity contribution is 0.0738. The molecule has 0 atom stereocenters. The summed E-state index contributed by atoms with van der Waals surface area (Å²) in [6.07, 6.45) is 0. The summed E-state index contributed by atoms with van der Waals surface area (Å²) >= 11 is 0. The van der Waals surface area contributed by atoms with Gasteiger partial charge in [-0.3, -0.25) is 4.79 Å². The number of halogens is 2. The van der Waals surface area contributed by atoms with Gasteiger partial charge in [0.1, 0.15) is 17.2 Å². The van der Waals surface area contributed by atoms with Crippen molar-refractivity contribution in [3.05, 3.63) is 59.2 Å². The number of carbonyl (C=O) groups excluding carboxylic acids is 1. The van der Waals surface area contributed by atoms with Crippen LogP contribution in [0.25, 0.3) is 11.5 Å². The van der Waals surface area contributed by atoms with Crippen molar-refractivity contribution in [1.82, 2.24) is 14.9 Å². The zero-order chi connectivity index (χ0) is 19.8. The number of hydrogen-bond acceptors (Lipinski definition) is 6. The SMILES string of the molecule is COc1ccc(CN2Cc3nc(-c4ccc(F)nc4F)oc3C2=O)c(OC)c1. The zero-order valence-corrected chi connectivity index (χ0v) is 15.0. The average molecular weight is 387 g/mol. The third kappa shape index (κ3) is 3.04. The number of carbonyl (C=O) groups is 1. The molecule has 3 heterocycles. The normalized spacial score (nSPS) is 13.0. The molecule has 0 saturated carbocycles. The Hall–Kier alpha value is -3.49. The van der Waals surface area contributed by atoms with Crippen molar-refractivity contribution < 1.29 is 27.5 Å². The summed E-state index contributed by atoms with van der Waals surface area (Å²) in [5.74, 6) is -1.22. The Morgan fingerprint density at radius 1 is 1.14 bits per heavy atom. The van der Waals surface area contributed by atoms with Gasteiger partial charge >= 0.3 is 0 Å². The van der Waals surface area contributed by atoms with E-state index in [4.69, 9.17) is 13.9 Å². The lowest BCUT2D eigenvalue weighted by Crippen LogP contribution is -2.23. The van der Waals surface area contributed by atoms with Crippen LogP contribution in [0.1, 0.15) is 21.8 Å². The fraction of sp³-hybridized carbons (Fsp3) is 0.211. The highest BCUT2D eigenvalue weighted by Crippen LogP contribution is 2.32. The van der Waals surface area contributed by atoms with Crippen LogP contribution in [0.2, 0.25) is 0 Å². The van der Waals surface area contributed by atoms with E-state index >= 15 is 0 Å². The second kappa shape index (κ2) is 6.91. The molecule has 1 amide bonds. The van der Waals surface area contributed by atoms with Crippen molar-refractivity contribution >= 4 is 5.91 Å². The summed E-state index contributed by atoms with van der Waals surface area (Å²) in [7, 11) is 3.09. The Morgan fingerprint density at radius 3 is 2.64 bits per heavy atom. The molecule has 0 saturated heterocycles. The highest BCUT2D eigenvalue weighted by molar-refractivity contribution is 5.95. The average Bonchev–Trinajstić information content (AvgIpc) is 3.21. The first-order valence-corrected chi connectivity index (χ1v) is 8.32. The summed E-state index contributed by atoms with van der Waals surface area (Å²) in [6, 6.07) is 7.48. The largest absolute Gasteiger partial charge is 0.497 e. The molecule has 3 aromatic rings. The van der Waals surface area contributed by atoms with E-state index in [1.807, 2.05) is 6.07 Å². The molecule has 1 aliphatic rings. The number of aromatic nitrogens is 2. The number of rotatable bonds is 5. The fourth-order valence-corrected chi connectivity index (χ4v) is 3.02. The third-order valence-corrected chi connectivity index (χ3v) is 4.42. The second-order valence-electron chi connectivity index (χ2n) is 6.11. The Labute approximate surface area is 158 Å². The molecule has 0 fully saturated rings. The summed E-state index contributed by atoms with van der Waals surface area (Å²) in [6.45, 7) is 0.475. The van der Waals surface area contributed by atoms with Crippen molar-refractivity contribution in [3.8, 4) is 23.0 Å². The molecule has 1 aliphatic heterocycles. The van der Waals surface area contributed by atoms with Crippen molar-refractivity contribution in [2.24, 2.45) is 0 Å². The first kappa shape index (κ1) is 17.9. The number of oxazole rings is 1. The number of amides is 1. The number of fused-ring (bicyclic) bond motifs is 1. The molecule has 7 nitrogen and oxygen atoms in total. The van der Waals surface area contributed by atoms with Gasteiger partial charge in [0.05, 0.1) is 32.9 Å². The van der Waals surface area contributed by atoms with E-state index in [9.17, 15) is 13.6 Å². The molecule has 4 rings (SSSR count). The van der Waals surface area contributed by atoms with Crippen LogP contribution >= 0.6 is 0 Å². The summed E-state index contributed by atoms with van der Waals surface area (Å²) in [5, 5.41) is 0. The minimum atomic E-state index is -1.05. The van der Waals surface area contributed by atoms with Crippen LogP contribution in [-0.2, 0) is 13.1 Å². The van der Waals surface area contributed by atoms with Gasteiger partial charge in [-0.15, -0.1) is 0 Å². The Morgan fingerprint density at radius 2 is 1.96 bits per heavy atom. The first-order valence-electron chi connectivity index (χ1n) is 8.32. The van der Waals surface area contributed by atoms with Crippen molar-refractivity contribution in [2.75, 3.05) is 14.2 Å². The van der Waals surface area contributed by atoms with Gasteiger partial charge in [0.2, 0.25) is 23.5 Å². The quantitative estimate of drug-likeness (QED) is 0.626. The van der Waals surface area contributed by atoms with Gasteiger partial charge in [-0.1, -0.05) is 0 Å². The third-order valence-electron chi connectivity index (χ3n) is 4.42. The fourth-order valence-electron chi connectivity index (χ4n) is 3.02. The molecular weight excluding hydrogens is 372 g/mol. The highest BCUT2D eigenvalue weighted by atomic mass is 19.1. The van der Waals surface area contributed by atoms with Gasteiger partial charge in [-0.25, -0.2) is 4.98 Å². The van der Waals surface area contributed by atoms with E-state index in [1.165, 1.54) is 18.1 Å². The Kier molecular flexibility index (Phi) is 4.42. The molecule has 0 spiro atoms.